The molecule has 0 spiro atoms. The van der Waals surface area contributed by atoms with Gasteiger partial charge in [0, 0.05) is 6.04 Å². The highest BCUT2D eigenvalue weighted by Gasteiger charge is 2.52. The molecule has 2 rings (SSSR count). The van der Waals surface area contributed by atoms with Gasteiger partial charge in [0.2, 0.25) is 5.91 Å². The van der Waals surface area contributed by atoms with E-state index in [1.165, 1.54) is 19.1 Å². The summed E-state index contributed by atoms with van der Waals surface area (Å²) in [6.45, 7) is 6.20. The Morgan fingerprint density at radius 1 is 1.22 bits per heavy atom. The summed E-state index contributed by atoms with van der Waals surface area (Å²) in [5, 5.41) is 4.96. The largest absolute Gasteiger partial charge is 0.416 e. The number of amides is 4. The van der Waals surface area contributed by atoms with Crippen molar-refractivity contribution in [3.05, 3.63) is 35.4 Å². The minimum absolute atomic E-state index is 0.140. The summed E-state index contributed by atoms with van der Waals surface area (Å²) in [7, 11) is 0. The van der Waals surface area contributed by atoms with Crippen LogP contribution in [0.15, 0.2) is 24.3 Å². The minimum Gasteiger partial charge on any atom is -0.352 e. The number of hydrogen-bond acceptors (Lipinski definition) is 3. The topological polar surface area (TPSA) is 78.5 Å². The molecule has 1 aliphatic rings. The third-order valence-electron chi connectivity index (χ3n) is 4.74. The van der Waals surface area contributed by atoms with Crippen molar-refractivity contribution >= 4 is 17.8 Å². The van der Waals surface area contributed by atoms with E-state index in [1.807, 2.05) is 13.8 Å². The summed E-state index contributed by atoms with van der Waals surface area (Å²) in [5.41, 5.74) is -3.29. The van der Waals surface area contributed by atoms with Gasteiger partial charge in [-0.25, -0.2) is 4.79 Å². The number of carbonyl (C=O) groups excluding carboxylic acids is 3. The molecule has 0 bridgehead atoms. The van der Waals surface area contributed by atoms with Crippen molar-refractivity contribution in [2.75, 3.05) is 6.54 Å². The lowest BCUT2D eigenvalue weighted by Crippen LogP contribution is -2.46. The Morgan fingerprint density at radius 2 is 1.81 bits per heavy atom. The molecule has 1 fully saturated rings. The van der Waals surface area contributed by atoms with E-state index in [0.717, 1.165) is 12.1 Å². The first-order chi connectivity index (χ1) is 12.4. The molecule has 6 nitrogen and oxygen atoms in total. The number of alkyl halides is 3. The van der Waals surface area contributed by atoms with Crippen molar-refractivity contribution in [1.82, 2.24) is 15.5 Å². The fourth-order valence-electron chi connectivity index (χ4n) is 2.80. The molecule has 1 heterocycles. The van der Waals surface area contributed by atoms with Gasteiger partial charge in [0.25, 0.3) is 5.91 Å². The standard InChI is InChI=1S/C18H22F3N3O3/c1-10(2)11(3)22-14(25)9-24-15(26)17(4,23-16(24)27)12-7-5-6-8-13(12)18(19,20)21/h5-8,10-11H,9H2,1-4H3,(H,22,25)(H,23,27)/t11-,17-/m0/s1. The van der Waals surface area contributed by atoms with Gasteiger partial charge in [0.15, 0.2) is 0 Å². The Hall–Kier alpha value is -2.58. The number of imide groups is 1. The van der Waals surface area contributed by atoms with Crippen LogP contribution in [-0.4, -0.2) is 35.3 Å². The summed E-state index contributed by atoms with van der Waals surface area (Å²) in [5.74, 6) is -1.33. The van der Waals surface area contributed by atoms with Gasteiger partial charge >= 0.3 is 12.2 Å². The van der Waals surface area contributed by atoms with Crippen molar-refractivity contribution in [1.29, 1.82) is 0 Å². The van der Waals surface area contributed by atoms with E-state index in [4.69, 9.17) is 0 Å². The van der Waals surface area contributed by atoms with Gasteiger partial charge in [-0.2, -0.15) is 13.2 Å². The summed E-state index contributed by atoms with van der Waals surface area (Å²) >= 11 is 0. The van der Waals surface area contributed by atoms with Crippen molar-refractivity contribution in [3.63, 3.8) is 0 Å². The minimum atomic E-state index is -4.69. The summed E-state index contributed by atoms with van der Waals surface area (Å²) in [4.78, 5) is 37.7. The van der Waals surface area contributed by atoms with Crippen LogP contribution < -0.4 is 10.6 Å². The molecule has 4 amide bonds. The molecule has 0 aromatic heterocycles. The molecule has 148 valence electrons. The molecule has 0 aliphatic carbocycles. The lowest BCUT2D eigenvalue weighted by molar-refractivity contribution is -0.140. The smallest absolute Gasteiger partial charge is 0.352 e. The molecule has 1 saturated heterocycles. The molecule has 2 N–H and O–H groups in total. The van der Waals surface area contributed by atoms with E-state index in [0.29, 0.717) is 4.90 Å². The van der Waals surface area contributed by atoms with Crippen molar-refractivity contribution in [3.8, 4) is 0 Å². The van der Waals surface area contributed by atoms with Gasteiger partial charge in [-0.1, -0.05) is 32.0 Å². The van der Waals surface area contributed by atoms with Crippen LogP contribution in [0, 0.1) is 5.92 Å². The van der Waals surface area contributed by atoms with Crippen molar-refractivity contribution in [2.45, 2.75) is 45.5 Å². The van der Waals surface area contributed by atoms with E-state index in [-0.39, 0.29) is 17.5 Å². The first-order valence-electron chi connectivity index (χ1n) is 8.48. The van der Waals surface area contributed by atoms with E-state index >= 15 is 0 Å². The number of rotatable bonds is 5. The van der Waals surface area contributed by atoms with Crippen LogP contribution in [-0.2, 0) is 21.3 Å². The average Bonchev–Trinajstić information content (AvgIpc) is 2.78. The van der Waals surface area contributed by atoms with Crippen molar-refractivity contribution in [2.24, 2.45) is 5.92 Å². The van der Waals surface area contributed by atoms with E-state index in [9.17, 15) is 27.6 Å². The predicted octanol–water partition coefficient (Wildman–Crippen LogP) is 2.63. The number of carbonyl (C=O) groups is 3. The fourth-order valence-corrected chi connectivity index (χ4v) is 2.80. The third-order valence-corrected chi connectivity index (χ3v) is 4.74. The Labute approximate surface area is 155 Å². The van der Waals surface area contributed by atoms with Crippen LogP contribution in [0.1, 0.15) is 38.8 Å². The average molecular weight is 385 g/mol. The van der Waals surface area contributed by atoms with Gasteiger partial charge in [-0.15, -0.1) is 0 Å². The second kappa shape index (κ2) is 7.21. The van der Waals surface area contributed by atoms with Crippen molar-refractivity contribution < 1.29 is 27.6 Å². The fraction of sp³-hybridized carbons (Fsp3) is 0.500. The first kappa shape index (κ1) is 20.7. The molecule has 2 atom stereocenters. The molecule has 0 radical (unpaired) electrons. The maximum atomic E-state index is 13.3. The molecule has 1 aliphatic heterocycles. The maximum absolute atomic E-state index is 13.3. The molecular formula is C18H22F3N3O3. The van der Waals surface area contributed by atoms with Crippen LogP contribution in [0.4, 0.5) is 18.0 Å². The zero-order valence-electron chi connectivity index (χ0n) is 15.5. The number of hydrogen-bond donors (Lipinski definition) is 2. The lowest BCUT2D eigenvalue weighted by atomic mass is 9.87. The highest BCUT2D eigenvalue weighted by atomic mass is 19.4. The molecule has 9 heteroatoms. The van der Waals surface area contributed by atoms with E-state index in [1.54, 1.807) is 6.92 Å². The summed E-state index contributed by atoms with van der Waals surface area (Å²) in [6, 6.07) is 3.46. The molecule has 1 aromatic rings. The van der Waals surface area contributed by atoms with E-state index < -0.39 is 41.7 Å². The number of halogens is 3. The quantitative estimate of drug-likeness (QED) is 0.765. The second-order valence-corrected chi connectivity index (χ2v) is 7.09. The highest BCUT2D eigenvalue weighted by molar-refractivity contribution is 6.09. The molecule has 0 unspecified atom stereocenters. The van der Waals surface area contributed by atoms with Crippen LogP contribution in [0.25, 0.3) is 0 Å². The number of nitrogens with zero attached hydrogens (tertiary/aromatic N) is 1. The normalized spacial score (nSPS) is 21.4. The SMILES string of the molecule is CC(C)[C@H](C)NC(=O)CN1C(=O)N[C@@](C)(c2ccccc2C(F)(F)F)C1=O. The molecular weight excluding hydrogens is 363 g/mol. The molecule has 0 saturated carbocycles. The van der Waals surface area contributed by atoms with Crippen LogP contribution in [0.2, 0.25) is 0 Å². The van der Waals surface area contributed by atoms with Gasteiger partial charge < -0.3 is 10.6 Å². The van der Waals surface area contributed by atoms with E-state index in [2.05, 4.69) is 10.6 Å². The molecule has 1 aromatic carbocycles. The monoisotopic (exact) mass is 385 g/mol. The Morgan fingerprint density at radius 3 is 2.37 bits per heavy atom. The second-order valence-electron chi connectivity index (χ2n) is 7.09. The highest BCUT2D eigenvalue weighted by Crippen LogP contribution is 2.39. The van der Waals surface area contributed by atoms with Crippen LogP contribution >= 0.6 is 0 Å². The zero-order chi connectivity index (χ0) is 20.6. The zero-order valence-corrected chi connectivity index (χ0v) is 15.5. The Kier molecular flexibility index (Phi) is 5.53. The molecule has 27 heavy (non-hydrogen) atoms. The van der Waals surface area contributed by atoms with Gasteiger partial charge in [0.05, 0.1) is 5.56 Å². The van der Waals surface area contributed by atoms with Gasteiger partial charge in [-0.3, -0.25) is 14.5 Å². The Bertz CT molecular complexity index is 764. The maximum Gasteiger partial charge on any atom is 0.416 e. The number of urea groups is 1. The summed E-state index contributed by atoms with van der Waals surface area (Å²) in [6.07, 6.45) is -4.69. The first-order valence-corrected chi connectivity index (χ1v) is 8.48. The predicted molar refractivity (Wildman–Crippen MR) is 91.5 cm³/mol. The number of benzene rings is 1. The third kappa shape index (κ3) is 4.06. The van der Waals surface area contributed by atoms with Crippen LogP contribution in [0.3, 0.4) is 0 Å². The summed E-state index contributed by atoms with van der Waals surface area (Å²) < 4.78 is 40.0. The Balaban J connectivity index is 2.29. The number of nitrogens with one attached hydrogen (secondary N) is 2. The van der Waals surface area contributed by atoms with Gasteiger partial charge in [-0.05, 0) is 31.4 Å². The van der Waals surface area contributed by atoms with Gasteiger partial charge in [0.1, 0.15) is 12.1 Å². The lowest BCUT2D eigenvalue weighted by Gasteiger charge is -2.26. The van der Waals surface area contributed by atoms with Crippen LogP contribution in [0.5, 0.6) is 0 Å².